The minimum absolute atomic E-state index is 0.0746. The molecule has 0 radical (unpaired) electrons. The molecular formula is C25H24ClF3N4O4. The predicted molar refractivity (Wildman–Crippen MR) is 131 cm³/mol. The van der Waals surface area contributed by atoms with Gasteiger partial charge in [0.2, 0.25) is 17.9 Å². The van der Waals surface area contributed by atoms with Crippen molar-refractivity contribution in [3.63, 3.8) is 0 Å². The number of aliphatic carboxylic acids is 1. The van der Waals surface area contributed by atoms with Crippen LogP contribution in [0.5, 0.6) is 5.88 Å². The molecule has 37 heavy (non-hydrogen) atoms. The summed E-state index contributed by atoms with van der Waals surface area (Å²) in [7, 11) is 0. The largest absolute Gasteiger partial charge is 0.480 e. The van der Waals surface area contributed by atoms with E-state index < -0.39 is 24.3 Å². The summed E-state index contributed by atoms with van der Waals surface area (Å²) in [4.78, 5) is 19.1. The molecule has 1 aromatic carbocycles. The molecule has 0 saturated carbocycles. The first-order chi connectivity index (χ1) is 17.5. The Morgan fingerprint density at radius 3 is 2.68 bits per heavy atom. The van der Waals surface area contributed by atoms with Crippen LogP contribution in [-0.4, -0.2) is 33.3 Å². The maximum atomic E-state index is 14.3. The Hall–Kier alpha value is -3.57. The molecule has 2 aromatic heterocycles. The predicted octanol–water partition coefficient (Wildman–Crippen LogP) is 5.64. The summed E-state index contributed by atoms with van der Waals surface area (Å²) < 4.78 is 53.2. The lowest BCUT2D eigenvalue weighted by atomic mass is 9.84. The van der Waals surface area contributed by atoms with Gasteiger partial charge in [-0.05, 0) is 60.9 Å². The Morgan fingerprint density at radius 2 is 2.05 bits per heavy atom. The molecule has 0 fully saturated rings. The van der Waals surface area contributed by atoms with Crippen molar-refractivity contribution in [2.24, 2.45) is 11.7 Å². The normalized spacial score (nSPS) is 17.6. The summed E-state index contributed by atoms with van der Waals surface area (Å²) in [6.45, 7) is 0. The number of allylic oxidation sites excluding steroid dienone is 2. The van der Waals surface area contributed by atoms with Crippen LogP contribution in [0.2, 0.25) is 5.02 Å². The number of aromatic nitrogens is 2. The van der Waals surface area contributed by atoms with Gasteiger partial charge in [-0.3, -0.25) is 4.79 Å². The Labute approximate surface area is 215 Å². The number of nitrogens with two attached hydrogens (primary N) is 2. The van der Waals surface area contributed by atoms with Crippen LogP contribution in [0.3, 0.4) is 0 Å². The van der Waals surface area contributed by atoms with Crippen molar-refractivity contribution in [1.29, 1.82) is 0 Å². The number of nitrogen functional groups attached to an aromatic ring is 1. The average Bonchev–Trinajstić information content (AvgIpc) is 3.37. The van der Waals surface area contributed by atoms with Crippen molar-refractivity contribution in [3.8, 4) is 17.0 Å². The molecule has 1 aliphatic carbocycles. The van der Waals surface area contributed by atoms with Crippen LogP contribution >= 0.6 is 11.6 Å². The summed E-state index contributed by atoms with van der Waals surface area (Å²) in [6, 6.07) is 5.90. The van der Waals surface area contributed by atoms with Gasteiger partial charge in [-0.2, -0.15) is 18.2 Å². The first-order valence-electron chi connectivity index (χ1n) is 11.4. The number of nitrogens with zero attached hydrogens (tertiary/aromatic N) is 2. The van der Waals surface area contributed by atoms with Gasteiger partial charge in [-0.25, -0.2) is 4.98 Å². The molecule has 3 atom stereocenters. The van der Waals surface area contributed by atoms with E-state index in [1.807, 2.05) is 6.08 Å². The van der Waals surface area contributed by atoms with E-state index in [1.165, 1.54) is 42.9 Å². The molecule has 3 aromatic rings. The molecule has 12 heteroatoms. The van der Waals surface area contributed by atoms with Crippen LogP contribution < -0.4 is 16.2 Å². The standard InChI is InChI=1S/C25H24ClF3N4O4/c26-16-5-6-17(18(10-16)15-7-8-36-12-15)22(25(27,28)29)37-21-11-20(32-24(31)33-21)14-3-1-13(2-4-14)9-19(30)23(34)35/h3,5-8,10-13,19,22H,1-2,4,9,30H2,(H,34,35)(H2,31,32,33)/t13?,19-,22+/m0/s1. The molecule has 0 bridgehead atoms. The highest BCUT2D eigenvalue weighted by atomic mass is 35.5. The zero-order valence-corrected chi connectivity index (χ0v) is 20.2. The Morgan fingerprint density at radius 1 is 1.27 bits per heavy atom. The van der Waals surface area contributed by atoms with E-state index in [9.17, 15) is 18.0 Å². The number of ether oxygens (including phenoxy) is 1. The number of hydrogen-bond acceptors (Lipinski definition) is 7. The Balaban J connectivity index is 1.62. The maximum Gasteiger partial charge on any atom is 0.429 e. The van der Waals surface area contributed by atoms with Crippen molar-refractivity contribution in [2.75, 3.05) is 5.73 Å². The number of halogens is 4. The highest BCUT2D eigenvalue weighted by molar-refractivity contribution is 6.30. The quantitative estimate of drug-likeness (QED) is 0.336. The zero-order chi connectivity index (χ0) is 26.7. The summed E-state index contributed by atoms with van der Waals surface area (Å²) in [6.07, 6.45) is -0.590. The van der Waals surface area contributed by atoms with Gasteiger partial charge >= 0.3 is 12.1 Å². The SMILES string of the molecule is Nc1nc(O[C@H](c2ccc(Cl)cc2-c2ccoc2)C(F)(F)F)cc(C2=CCC(C[C@H](N)C(=O)O)CC2)n1. The van der Waals surface area contributed by atoms with Crippen LogP contribution in [0.25, 0.3) is 16.7 Å². The van der Waals surface area contributed by atoms with E-state index in [0.29, 0.717) is 36.9 Å². The Bertz CT molecular complexity index is 1300. The molecule has 0 amide bonds. The van der Waals surface area contributed by atoms with E-state index in [1.54, 1.807) is 0 Å². The molecule has 4 rings (SSSR count). The monoisotopic (exact) mass is 536 g/mol. The number of furan rings is 1. The van der Waals surface area contributed by atoms with Crippen molar-refractivity contribution >= 4 is 29.1 Å². The molecule has 2 heterocycles. The van der Waals surface area contributed by atoms with Gasteiger partial charge in [-0.1, -0.05) is 23.7 Å². The van der Waals surface area contributed by atoms with Crippen LogP contribution in [-0.2, 0) is 4.79 Å². The van der Waals surface area contributed by atoms with Gasteiger partial charge in [0.15, 0.2) is 0 Å². The van der Waals surface area contributed by atoms with Crippen molar-refractivity contribution < 1.29 is 32.2 Å². The van der Waals surface area contributed by atoms with Gasteiger partial charge < -0.3 is 25.7 Å². The third-order valence-corrected chi connectivity index (χ3v) is 6.37. The number of carboxylic acid groups (broad SMARTS) is 1. The molecule has 8 nitrogen and oxygen atoms in total. The second kappa shape index (κ2) is 10.8. The number of benzene rings is 1. The number of hydrogen-bond donors (Lipinski definition) is 3. The minimum Gasteiger partial charge on any atom is -0.480 e. The van der Waals surface area contributed by atoms with E-state index in [4.69, 9.17) is 37.3 Å². The first kappa shape index (κ1) is 26.5. The second-order valence-electron chi connectivity index (χ2n) is 8.78. The topological polar surface area (TPSA) is 137 Å². The fourth-order valence-electron chi connectivity index (χ4n) is 4.32. The van der Waals surface area contributed by atoms with E-state index in [0.717, 1.165) is 5.57 Å². The molecule has 0 spiro atoms. The summed E-state index contributed by atoms with van der Waals surface area (Å²) in [5, 5.41) is 9.27. The molecular weight excluding hydrogens is 513 g/mol. The average molecular weight is 537 g/mol. The Kier molecular flexibility index (Phi) is 7.74. The number of alkyl halides is 3. The smallest absolute Gasteiger partial charge is 0.429 e. The lowest BCUT2D eigenvalue weighted by Gasteiger charge is -2.25. The summed E-state index contributed by atoms with van der Waals surface area (Å²) in [5.41, 5.74) is 13.0. The molecule has 1 aliphatic rings. The lowest BCUT2D eigenvalue weighted by Crippen LogP contribution is -2.32. The van der Waals surface area contributed by atoms with Crippen LogP contribution in [0.1, 0.15) is 43.0 Å². The highest BCUT2D eigenvalue weighted by Gasteiger charge is 2.45. The summed E-state index contributed by atoms with van der Waals surface area (Å²) >= 11 is 6.06. The number of carboxylic acids is 1. The zero-order valence-electron chi connectivity index (χ0n) is 19.4. The maximum absolute atomic E-state index is 14.3. The number of carbonyl (C=O) groups is 1. The van der Waals surface area contributed by atoms with Crippen molar-refractivity contribution in [2.45, 2.75) is 44.0 Å². The fourth-order valence-corrected chi connectivity index (χ4v) is 4.49. The number of rotatable bonds is 8. The van der Waals surface area contributed by atoms with E-state index >= 15 is 0 Å². The van der Waals surface area contributed by atoms with E-state index in [-0.39, 0.29) is 33.9 Å². The van der Waals surface area contributed by atoms with Gasteiger partial charge in [0.05, 0.1) is 18.2 Å². The molecule has 5 N–H and O–H groups in total. The van der Waals surface area contributed by atoms with Crippen molar-refractivity contribution in [3.05, 3.63) is 65.2 Å². The fraction of sp³-hybridized carbons (Fsp3) is 0.320. The summed E-state index contributed by atoms with van der Waals surface area (Å²) in [5.74, 6) is -1.56. The number of anilines is 1. The third-order valence-electron chi connectivity index (χ3n) is 6.14. The molecule has 0 saturated heterocycles. The van der Waals surface area contributed by atoms with Gasteiger partial charge in [0, 0.05) is 22.2 Å². The minimum atomic E-state index is -4.80. The molecule has 1 unspecified atom stereocenters. The van der Waals surface area contributed by atoms with Gasteiger partial charge in [-0.15, -0.1) is 0 Å². The first-order valence-corrected chi connectivity index (χ1v) is 11.8. The van der Waals surface area contributed by atoms with Crippen LogP contribution in [0.15, 0.2) is 53.4 Å². The van der Waals surface area contributed by atoms with E-state index in [2.05, 4.69) is 9.97 Å². The van der Waals surface area contributed by atoms with Crippen LogP contribution in [0.4, 0.5) is 19.1 Å². The molecule has 0 aliphatic heterocycles. The van der Waals surface area contributed by atoms with Crippen molar-refractivity contribution in [1.82, 2.24) is 9.97 Å². The lowest BCUT2D eigenvalue weighted by molar-refractivity contribution is -0.198. The highest BCUT2D eigenvalue weighted by Crippen LogP contribution is 2.42. The second-order valence-corrected chi connectivity index (χ2v) is 9.22. The molecule has 196 valence electrons. The third kappa shape index (κ3) is 6.41. The van der Waals surface area contributed by atoms with Gasteiger partial charge in [0.1, 0.15) is 6.04 Å². The van der Waals surface area contributed by atoms with Gasteiger partial charge in [0.25, 0.3) is 0 Å². The van der Waals surface area contributed by atoms with Crippen LogP contribution in [0, 0.1) is 5.92 Å².